The van der Waals surface area contributed by atoms with Crippen molar-refractivity contribution in [1.29, 1.82) is 0 Å². The minimum absolute atomic E-state index is 0.00574. The van der Waals surface area contributed by atoms with Crippen LogP contribution in [0.2, 0.25) is 5.02 Å². The third kappa shape index (κ3) is 4.20. The molecule has 1 aromatic heterocycles. The van der Waals surface area contributed by atoms with Gasteiger partial charge in [0.15, 0.2) is 0 Å². The van der Waals surface area contributed by atoms with Crippen LogP contribution in [0.1, 0.15) is 42.6 Å². The molecule has 1 aromatic carbocycles. The topological polar surface area (TPSA) is 66.9 Å². The summed E-state index contributed by atoms with van der Waals surface area (Å²) in [5, 5.41) is 5.94. The number of carbonyl (C=O) groups is 1. The lowest BCUT2D eigenvalue weighted by atomic mass is 9.95. The molecule has 7 heteroatoms. The number of nitrogens with one attached hydrogen (secondary N) is 2. The lowest BCUT2D eigenvalue weighted by Gasteiger charge is -2.22. The molecular weight excluding hydrogens is 331 g/mol. The molecule has 24 heavy (non-hydrogen) atoms. The highest BCUT2D eigenvalue weighted by Crippen LogP contribution is 2.21. The highest BCUT2D eigenvalue weighted by molar-refractivity contribution is 6.31. The lowest BCUT2D eigenvalue weighted by Crippen LogP contribution is -2.36. The van der Waals surface area contributed by atoms with Crippen LogP contribution in [0.25, 0.3) is 0 Å². The summed E-state index contributed by atoms with van der Waals surface area (Å²) in [6.07, 6.45) is 7.05. The first-order valence-electron chi connectivity index (χ1n) is 7.98. The number of rotatable bonds is 4. The summed E-state index contributed by atoms with van der Waals surface area (Å²) in [5.74, 6) is -0.442. The van der Waals surface area contributed by atoms with Gasteiger partial charge in [0.2, 0.25) is 5.95 Å². The van der Waals surface area contributed by atoms with Crippen LogP contribution >= 0.6 is 11.6 Å². The summed E-state index contributed by atoms with van der Waals surface area (Å²) in [4.78, 5) is 20.6. The molecule has 1 aliphatic carbocycles. The number of amides is 1. The lowest BCUT2D eigenvalue weighted by molar-refractivity contribution is 0.0922. The highest BCUT2D eigenvalue weighted by atomic mass is 35.5. The Bertz CT molecular complexity index is 734. The standard InChI is InChI=1S/C17H18ClFN4O/c18-13-10-12(6-7-14(13)19)22-17-20-9-8-15(23-17)16(24)21-11-4-2-1-3-5-11/h6-11H,1-5H2,(H,21,24)(H,20,22,23). The minimum Gasteiger partial charge on any atom is -0.348 e. The van der Waals surface area contributed by atoms with Crippen molar-refractivity contribution in [3.8, 4) is 0 Å². The maximum Gasteiger partial charge on any atom is 0.270 e. The predicted octanol–water partition coefficient (Wildman–Crippen LogP) is 4.08. The van der Waals surface area contributed by atoms with Crippen LogP contribution in [0.5, 0.6) is 0 Å². The van der Waals surface area contributed by atoms with Gasteiger partial charge in [0, 0.05) is 17.9 Å². The molecule has 2 aromatic rings. The molecule has 0 atom stereocenters. The maximum atomic E-state index is 13.2. The second-order valence-corrected chi connectivity index (χ2v) is 6.23. The summed E-state index contributed by atoms with van der Waals surface area (Å²) >= 11 is 5.75. The molecule has 0 spiro atoms. The molecule has 1 aliphatic rings. The average Bonchev–Trinajstić information content (AvgIpc) is 2.59. The van der Waals surface area contributed by atoms with Crippen LogP contribution in [-0.4, -0.2) is 21.9 Å². The Morgan fingerprint density at radius 2 is 2.00 bits per heavy atom. The van der Waals surface area contributed by atoms with Gasteiger partial charge in [-0.25, -0.2) is 14.4 Å². The number of halogens is 2. The zero-order valence-electron chi connectivity index (χ0n) is 13.1. The van der Waals surface area contributed by atoms with Gasteiger partial charge in [-0.2, -0.15) is 0 Å². The van der Waals surface area contributed by atoms with E-state index in [0.29, 0.717) is 11.4 Å². The minimum atomic E-state index is -0.497. The van der Waals surface area contributed by atoms with E-state index < -0.39 is 5.82 Å². The van der Waals surface area contributed by atoms with Gasteiger partial charge in [-0.15, -0.1) is 0 Å². The monoisotopic (exact) mass is 348 g/mol. The molecule has 0 aliphatic heterocycles. The van der Waals surface area contributed by atoms with E-state index in [-0.39, 0.29) is 22.9 Å². The number of aromatic nitrogens is 2. The Hall–Kier alpha value is -2.21. The Kier molecular flexibility index (Phi) is 5.25. The summed E-state index contributed by atoms with van der Waals surface area (Å²) in [5.41, 5.74) is 0.845. The van der Waals surface area contributed by atoms with Gasteiger partial charge in [0.25, 0.3) is 5.91 Å². The van der Waals surface area contributed by atoms with Gasteiger partial charge in [-0.1, -0.05) is 30.9 Å². The van der Waals surface area contributed by atoms with Crippen LogP contribution in [0, 0.1) is 5.82 Å². The van der Waals surface area contributed by atoms with Gasteiger partial charge in [-0.3, -0.25) is 4.79 Å². The van der Waals surface area contributed by atoms with E-state index >= 15 is 0 Å². The van der Waals surface area contributed by atoms with E-state index in [0.717, 1.165) is 25.7 Å². The first-order chi connectivity index (χ1) is 11.6. The third-order valence-electron chi connectivity index (χ3n) is 4.00. The molecule has 2 N–H and O–H groups in total. The zero-order valence-corrected chi connectivity index (χ0v) is 13.8. The van der Waals surface area contributed by atoms with Gasteiger partial charge >= 0.3 is 0 Å². The van der Waals surface area contributed by atoms with Crippen molar-refractivity contribution in [3.05, 3.63) is 47.0 Å². The summed E-state index contributed by atoms with van der Waals surface area (Å²) in [6, 6.07) is 6.01. The fraction of sp³-hybridized carbons (Fsp3) is 0.353. The van der Waals surface area contributed by atoms with Crippen molar-refractivity contribution in [3.63, 3.8) is 0 Å². The molecule has 5 nitrogen and oxygen atoms in total. The van der Waals surface area contributed by atoms with E-state index in [1.54, 1.807) is 6.07 Å². The van der Waals surface area contributed by atoms with E-state index in [1.165, 1.54) is 30.8 Å². The van der Waals surface area contributed by atoms with Crippen molar-refractivity contribution in [1.82, 2.24) is 15.3 Å². The summed E-state index contributed by atoms with van der Waals surface area (Å²) < 4.78 is 13.2. The zero-order chi connectivity index (χ0) is 16.9. The fourth-order valence-electron chi connectivity index (χ4n) is 2.75. The quantitative estimate of drug-likeness (QED) is 0.873. The molecule has 1 heterocycles. The van der Waals surface area contributed by atoms with E-state index in [4.69, 9.17) is 11.6 Å². The Morgan fingerprint density at radius 3 is 2.75 bits per heavy atom. The van der Waals surface area contributed by atoms with Gasteiger partial charge in [0.1, 0.15) is 11.5 Å². The number of hydrogen-bond donors (Lipinski definition) is 2. The first-order valence-corrected chi connectivity index (χ1v) is 8.35. The number of anilines is 2. The normalized spacial score (nSPS) is 15.1. The number of carbonyl (C=O) groups excluding carboxylic acids is 1. The fourth-order valence-corrected chi connectivity index (χ4v) is 2.94. The van der Waals surface area contributed by atoms with E-state index in [2.05, 4.69) is 20.6 Å². The summed E-state index contributed by atoms with van der Waals surface area (Å²) in [7, 11) is 0. The molecule has 0 saturated heterocycles. The second kappa shape index (κ2) is 7.57. The highest BCUT2D eigenvalue weighted by Gasteiger charge is 2.17. The molecule has 0 radical (unpaired) electrons. The van der Waals surface area contributed by atoms with Crippen molar-refractivity contribution < 1.29 is 9.18 Å². The van der Waals surface area contributed by atoms with Gasteiger partial charge in [-0.05, 0) is 37.1 Å². The SMILES string of the molecule is O=C(NC1CCCCC1)c1ccnc(Nc2ccc(F)c(Cl)c2)n1. The molecule has 3 rings (SSSR count). The Balaban J connectivity index is 1.68. The number of nitrogens with zero attached hydrogens (tertiary/aromatic N) is 2. The molecule has 126 valence electrons. The first kappa shape index (κ1) is 16.6. The Labute approximate surface area is 144 Å². The largest absolute Gasteiger partial charge is 0.348 e. The average molecular weight is 349 g/mol. The van der Waals surface area contributed by atoms with Crippen molar-refractivity contribution in [2.45, 2.75) is 38.1 Å². The smallest absolute Gasteiger partial charge is 0.270 e. The molecule has 1 fully saturated rings. The van der Waals surface area contributed by atoms with Crippen LogP contribution in [0.3, 0.4) is 0 Å². The van der Waals surface area contributed by atoms with Crippen LogP contribution in [-0.2, 0) is 0 Å². The maximum absolute atomic E-state index is 13.2. The van der Waals surface area contributed by atoms with Crippen LogP contribution in [0.15, 0.2) is 30.5 Å². The van der Waals surface area contributed by atoms with Gasteiger partial charge in [0.05, 0.1) is 5.02 Å². The second-order valence-electron chi connectivity index (χ2n) is 5.83. The number of hydrogen-bond acceptors (Lipinski definition) is 4. The number of benzene rings is 1. The summed E-state index contributed by atoms with van der Waals surface area (Å²) in [6.45, 7) is 0. The predicted molar refractivity (Wildman–Crippen MR) is 91.1 cm³/mol. The molecular formula is C17H18ClFN4O. The Morgan fingerprint density at radius 1 is 1.21 bits per heavy atom. The van der Waals surface area contributed by atoms with Gasteiger partial charge < -0.3 is 10.6 Å². The van der Waals surface area contributed by atoms with Crippen molar-refractivity contribution >= 4 is 29.1 Å². The van der Waals surface area contributed by atoms with E-state index in [9.17, 15) is 9.18 Å². The van der Waals surface area contributed by atoms with E-state index in [1.807, 2.05) is 0 Å². The van der Waals surface area contributed by atoms with Crippen LogP contribution in [0.4, 0.5) is 16.0 Å². The molecule has 1 saturated carbocycles. The van der Waals surface area contributed by atoms with Crippen molar-refractivity contribution in [2.75, 3.05) is 5.32 Å². The molecule has 0 unspecified atom stereocenters. The van der Waals surface area contributed by atoms with Crippen molar-refractivity contribution in [2.24, 2.45) is 0 Å². The molecule has 1 amide bonds. The molecule has 0 bridgehead atoms. The third-order valence-corrected chi connectivity index (χ3v) is 4.29. The van der Waals surface area contributed by atoms with Crippen LogP contribution < -0.4 is 10.6 Å².